The lowest BCUT2D eigenvalue weighted by Gasteiger charge is -2.12. The number of hydrogen-bond acceptors (Lipinski definition) is 3. The molecule has 0 saturated heterocycles. The Bertz CT molecular complexity index is 713. The Hall–Kier alpha value is -2.62. The number of anilines is 1. The molecule has 2 rings (SSSR count). The van der Waals surface area contributed by atoms with Gasteiger partial charge in [0, 0.05) is 5.69 Å². The van der Waals surface area contributed by atoms with Crippen LogP contribution in [0, 0.1) is 27.7 Å². The molecule has 0 atom stereocenters. The number of aryl methyl sites for hydroxylation is 4. The van der Waals surface area contributed by atoms with Crippen LogP contribution in [0.1, 0.15) is 27.8 Å². The monoisotopic (exact) mass is 310 g/mol. The van der Waals surface area contributed by atoms with Crippen LogP contribution in [0.15, 0.2) is 41.6 Å². The highest BCUT2D eigenvalue weighted by Gasteiger charge is 2.08. The number of amides is 1. The molecule has 120 valence electrons. The number of oxime groups is 1. The Morgan fingerprint density at radius 2 is 1.74 bits per heavy atom. The maximum atomic E-state index is 12.0. The number of carbonyl (C=O) groups is 1. The third-order valence-corrected chi connectivity index (χ3v) is 3.59. The molecule has 0 unspecified atom stereocenters. The van der Waals surface area contributed by atoms with Gasteiger partial charge in [0.15, 0.2) is 6.61 Å². The van der Waals surface area contributed by atoms with Crippen molar-refractivity contribution < 1.29 is 9.63 Å². The highest BCUT2D eigenvalue weighted by Crippen LogP contribution is 2.21. The zero-order chi connectivity index (χ0) is 16.8. The number of benzene rings is 2. The van der Waals surface area contributed by atoms with Gasteiger partial charge in [-0.05, 0) is 49.9 Å². The Morgan fingerprint density at radius 1 is 1.09 bits per heavy atom. The summed E-state index contributed by atoms with van der Waals surface area (Å²) in [5, 5.41) is 6.74. The minimum Gasteiger partial charge on any atom is -0.386 e. The van der Waals surface area contributed by atoms with E-state index in [0.717, 1.165) is 27.9 Å². The zero-order valence-electron chi connectivity index (χ0n) is 14.0. The summed E-state index contributed by atoms with van der Waals surface area (Å²) in [5.41, 5.74) is 6.18. The SMILES string of the molecule is Cc1cc(C)c(NC(=O)CO/N=C\c2ccccc2C)c(C)c1. The largest absolute Gasteiger partial charge is 0.386 e. The molecule has 2 aromatic rings. The Balaban J connectivity index is 1.90. The number of nitrogens with one attached hydrogen (secondary N) is 1. The van der Waals surface area contributed by atoms with E-state index in [0.29, 0.717) is 0 Å². The second-order valence-corrected chi connectivity index (χ2v) is 5.69. The molecule has 4 heteroatoms. The molecule has 1 N–H and O–H groups in total. The van der Waals surface area contributed by atoms with Crippen molar-refractivity contribution in [3.8, 4) is 0 Å². The van der Waals surface area contributed by atoms with E-state index in [9.17, 15) is 4.79 Å². The van der Waals surface area contributed by atoms with Gasteiger partial charge in [0.2, 0.25) is 0 Å². The van der Waals surface area contributed by atoms with Gasteiger partial charge in [-0.15, -0.1) is 0 Å². The van der Waals surface area contributed by atoms with E-state index in [1.165, 1.54) is 5.56 Å². The van der Waals surface area contributed by atoms with Crippen LogP contribution in [0.4, 0.5) is 5.69 Å². The van der Waals surface area contributed by atoms with E-state index in [1.54, 1.807) is 6.21 Å². The highest BCUT2D eigenvalue weighted by molar-refractivity contribution is 5.93. The summed E-state index contributed by atoms with van der Waals surface area (Å²) in [4.78, 5) is 17.1. The van der Waals surface area contributed by atoms with Gasteiger partial charge >= 0.3 is 0 Å². The van der Waals surface area contributed by atoms with Gasteiger partial charge in [-0.3, -0.25) is 4.79 Å². The summed E-state index contributed by atoms with van der Waals surface area (Å²) in [6.45, 7) is 7.88. The van der Waals surface area contributed by atoms with E-state index in [2.05, 4.69) is 10.5 Å². The predicted molar refractivity (Wildman–Crippen MR) is 94.0 cm³/mol. The summed E-state index contributed by atoms with van der Waals surface area (Å²) in [6, 6.07) is 11.9. The molecule has 4 nitrogen and oxygen atoms in total. The first kappa shape index (κ1) is 16.7. The van der Waals surface area contributed by atoms with Gasteiger partial charge in [0.05, 0.1) is 6.21 Å². The number of nitrogens with zero attached hydrogens (tertiary/aromatic N) is 1. The molecular weight excluding hydrogens is 288 g/mol. The molecule has 0 radical (unpaired) electrons. The van der Waals surface area contributed by atoms with Crippen molar-refractivity contribution in [1.82, 2.24) is 0 Å². The molecule has 0 saturated carbocycles. The van der Waals surface area contributed by atoms with Crippen LogP contribution in [0.5, 0.6) is 0 Å². The van der Waals surface area contributed by atoms with Gasteiger partial charge in [0.25, 0.3) is 5.91 Å². The average Bonchev–Trinajstić information content (AvgIpc) is 2.49. The van der Waals surface area contributed by atoms with Crippen LogP contribution in [0.3, 0.4) is 0 Å². The maximum absolute atomic E-state index is 12.0. The average molecular weight is 310 g/mol. The van der Waals surface area contributed by atoms with Gasteiger partial charge in [-0.2, -0.15) is 0 Å². The minimum absolute atomic E-state index is 0.116. The Labute approximate surface area is 137 Å². The summed E-state index contributed by atoms with van der Waals surface area (Å²) >= 11 is 0. The third kappa shape index (κ3) is 4.68. The molecule has 0 aliphatic heterocycles. The summed E-state index contributed by atoms with van der Waals surface area (Å²) in [6.07, 6.45) is 1.62. The summed E-state index contributed by atoms with van der Waals surface area (Å²) < 4.78 is 0. The molecule has 23 heavy (non-hydrogen) atoms. The highest BCUT2D eigenvalue weighted by atomic mass is 16.6. The fourth-order valence-corrected chi connectivity index (χ4v) is 2.47. The number of rotatable bonds is 5. The van der Waals surface area contributed by atoms with Crippen LogP contribution >= 0.6 is 0 Å². The van der Waals surface area contributed by atoms with E-state index < -0.39 is 0 Å². The van der Waals surface area contributed by atoms with Crippen molar-refractivity contribution in [3.63, 3.8) is 0 Å². The van der Waals surface area contributed by atoms with E-state index in [4.69, 9.17) is 4.84 Å². The smallest absolute Gasteiger partial charge is 0.265 e. The predicted octanol–water partition coefficient (Wildman–Crippen LogP) is 3.91. The third-order valence-electron chi connectivity index (χ3n) is 3.59. The van der Waals surface area contributed by atoms with Gasteiger partial charge < -0.3 is 10.2 Å². The first-order valence-electron chi connectivity index (χ1n) is 7.56. The lowest BCUT2D eigenvalue weighted by atomic mass is 10.1. The van der Waals surface area contributed by atoms with Crippen molar-refractivity contribution in [2.24, 2.45) is 5.16 Å². The van der Waals surface area contributed by atoms with Gasteiger partial charge in [-0.1, -0.05) is 47.1 Å². The number of hydrogen-bond donors (Lipinski definition) is 1. The fourth-order valence-electron chi connectivity index (χ4n) is 2.47. The molecule has 0 aliphatic rings. The zero-order valence-corrected chi connectivity index (χ0v) is 14.0. The van der Waals surface area contributed by atoms with Crippen molar-refractivity contribution in [3.05, 3.63) is 64.2 Å². The second-order valence-electron chi connectivity index (χ2n) is 5.69. The summed E-state index contributed by atoms with van der Waals surface area (Å²) in [7, 11) is 0. The second kappa shape index (κ2) is 7.58. The molecule has 1 amide bonds. The Morgan fingerprint density at radius 3 is 2.39 bits per heavy atom. The lowest BCUT2D eigenvalue weighted by Crippen LogP contribution is -2.18. The number of carbonyl (C=O) groups excluding carboxylic acids is 1. The van der Waals surface area contributed by atoms with Crippen LogP contribution < -0.4 is 5.32 Å². The topological polar surface area (TPSA) is 50.7 Å². The van der Waals surface area contributed by atoms with Gasteiger partial charge in [0.1, 0.15) is 0 Å². The first-order valence-corrected chi connectivity index (χ1v) is 7.56. The van der Waals surface area contributed by atoms with Crippen LogP contribution in [0.25, 0.3) is 0 Å². The molecular formula is C19H22N2O2. The standard InChI is InChI=1S/C19H22N2O2/c1-13-9-15(3)19(16(4)10-13)21-18(22)12-23-20-11-17-8-6-5-7-14(17)2/h5-11H,12H2,1-4H3,(H,21,22)/b20-11-. The van der Waals surface area contributed by atoms with Crippen molar-refractivity contribution in [2.45, 2.75) is 27.7 Å². The quantitative estimate of drug-likeness (QED) is 0.672. The van der Waals surface area contributed by atoms with Gasteiger partial charge in [-0.25, -0.2) is 0 Å². The normalized spacial score (nSPS) is 10.8. The molecule has 0 heterocycles. The molecule has 2 aromatic carbocycles. The maximum Gasteiger partial charge on any atom is 0.265 e. The van der Waals surface area contributed by atoms with E-state index >= 15 is 0 Å². The molecule has 0 bridgehead atoms. The van der Waals surface area contributed by atoms with Crippen molar-refractivity contribution >= 4 is 17.8 Å². The molecule has 0 aliphatic carbocycles. The molecule has 0 fully saturated rings. The van der Waals surface area contributed by atoms with Crippen LogP contribution in [-0.4, -0.2) is 18.7 Å². The van der Waals surface area contributed by atoms with E-state index in [1.807, 2.05) is 64.1 Å². The van der Waals surface area contributed by atoms with Crippen LogP contribution in [0.2, 0.25) is 0 Å². The van der Waals surface area contributed by atoms with Crippen molar-refractivity contribution in [2.75, 3.05) is 11.9 Å². The van der Waals surface area contributed by atoms with Crippen LogP contribution in [-0.2, 0) is 9.63 Å². The van der Waals surface area contributed by atoms with E-state index in [-0.39, 0.29) is 12.5 Å². The minimum atomic E-state index is -0.220. The molecule has 0 aromatic heterocycles. The first-order chi connectivity index (χ1) is 11.0. The lowest BCUT2D eigenvalue weighted by molar-refractivity contribution is -0.120. The molecule has 0 spiro atoms. The van der Waals surface area contributed by atoms with Crippen molar-refractivity contribution in [1.29, 1.82) is 0 Å². The Kier molecular flexibility index (Phi) is 5.52. The summed E-state index contributed by atoms with van der Waals surface area (Å²) in [5.74, 6) is -0.220. The fraction of sp³-hybridized carbons (Fsp3) is 0.263.